The first-order valence-corrected chi connectivity index (χ1v) is 4.57. The van der Waals surface area contributed by atoms with Crippen LogP contribution in [0.15, 0.2) is 12.5 Å². The van der Waals surface area contributed by atoms with Gasteiger partial charge < -0.3 is 16.0 Å². The molecule has 0 aliphatic rings. The van der Waals surface area contributed by atoms with E-state index >= 15 is 0 Å². The molecule has 76 valence electrons. The van der Waals surface area contributed by atoms with E-state index in [0.717, 1.165) is 16.6 Å². The summed E-state index contributed by atoms with van der Waals surface area (Å²) in [4.78, 5) is 8.12. The molecule has 2 heterocycles. The Morgan fingerprint density at radius 1 is 1.53 bits per heavy atom. The van der Waals surface area contributed by atoms with Crippen LogP contribution in [0.3, 0.4) is 0 Å². The first-order valence-electron chi connectivity index (χ1n) is 4.57. The van der Waals surface area contributed by atoms with E-state index in [1.54, 1.807) is 0 Å². The van der Waals surface area contributed by atoms with E-state index < -0.39 is 0 Å². The molecule has 2 aromatic rings. The van der Waals surface area contributed by atoms with E-state index in [0.29, 0.717) is 12.4 Å². The molecule has 0 amide bonds. The molecule has 0 aromatic carbocycles. The van der Waals surface area contributed by atoms with Crippen LogP contribution in [0.5, 0.6) is 0 Å². The van der Waals surface area contributed by atoms with Gasteiger partial charge in [-0.15, -0.1) is 0 Å². The lowest BCUT2D eigenvalue weighted by Gasteiger charge is -1.95. The predicted molar refractivity (Wildman–Crippen MR) is 57.6 cm³/mol. The highest BCUT2D eigenvalue weighted by molar-refractivity contribution is 5.92. The number of hydrogen-bond donors (Lipinski definition) is 2. The third-order valence-corrected chi connectivity index (χ3v) is 2.13. The van der Waals surface area contributed by atoms with Gasteiger partial charge in [0.05, 0.1) is 10.9 Å². The number of quaternary nitrogens is 1. The SMILES string of the molecule is Cn1cc(C#CC[NH3+])c2c(N)ncnc21. The molecule has 0 radical (unpaired) electrons. The third kappa shape index (κ3) is 1.51. The molecule has 5 heteroatoms. The number of nitrogens with zero attached hydrogens (tertiary/aromatic N) is 3. The van der Waals surface area contributed by atoms with Gasteiger partial charge in [-0.2, -0.15) is 0 Å². The smallest absolute Gasteiger partial charge is 0.146 e. The molecule has 0 unspecified atom stereocenters. The van der Waals surface area contributed by atoms with E-state index in [1.165, 1.54) is 6.33 Å². The molecule has 2 rings (SSSR count). The van der Waals surface area contributed by atoms with Gasteiger partial charge in [0.2, 0.25) is 0 Å². The van der Waals surface area contributed by atoms with Gasteiger partial charge in [-0.1, -0.05) is 5.92 Å². The summed E-state index contributed by atoms with van der Waals surface area (Å²) in [5.74, 6) is 6.38. The summed E-state index contributed by atoms with van der Waals surface area (Å²) >= 11 is 0. The van der Waals surface area contributed by atoms with Crippen LogP contribution < -0.4 is 11.5 Å². The lowest BCUT2D eigenvalue weighted by Crippen LogP contribution is -2.49. The maximum atomic E-state index is 5.79. The largest absolute Gasteiger partial charge is 0.383 e. The van der Waals surface area contributed by atoms with Gasteiger partial charge >= 0.3 is 0 Å². The van der Waals surface area contributed by atoms with E-state index in [1.807, 2.05) is 17.8 Å². The summed E-state index contributed by atoms with van der Waals surface area (Å²) in [6.45, 7) is 0.573. The Hall–Kier alpha value is -2.06. The summed E-state index contributed by atoms with van der Waals surface area (Å²) in [7, 11) is 1.91. The quantitative estimate of drug-likeness (QED) is 0.545. The van der Waals surface area contributed by atoms with Crippen molar-refractivity contribution in [1.29, 1.82) is 0 Å². The standard InChI is InChI=1S/C10H11N5/c1-15-5-7(3-2-4-11)8-9(12)13-6-14-10(8)15/h5-6H,4,11H2,1H3,(H2,12,13,14)/p+1. The number of nitrogens with two attached hydrogens (primary N) is 1. The highest BCUT2D eigenvalue weighted by Gasteiger charge is 2.09. The van der Waals surface area contributed by atoms with Gasteiger partial charge in [0, 0.05) is 13.2 Å². The summed E-state index contributed by atoms with van der Waals surface area (Å²) < 4.78 is 1.89. The average molecular weight is 202 g/mol. The zero-order valence-electron chi connectivity index (χ0n) is 8.49. The van der Waals surface area contributed by atoms with E-state index in [9.17, 15) is 0 Å². The predicted octanol–water partition coefficient (Wildman–Crippen LogP) is -0.856. The molecule has 15 heavy (non-hydrogen) atoms. The molecule has 0 saturated heterocycles. The van der Waals surface area contributed by atoms with Gasteiger partial charge in [0.15, 0.2) is 0 Å². The van der Waals surface area contributed by atoms with Crippen LogP contribution in [0, 0.1) is 11.8 Å². The maximum absolute atomic E-state index is 5.79. The Morgan fingerprint density at radius 2 is 2.33 bits per heavy atom. The van der Waals surface area contributed by atoms with Crippen LogP contribution in [0.1, 0.15) is 5.56 Å². The first kappa shape index (κ1) is 9.49. The molecular formula is C10H12N5+. The Balaban J connectivity index is 2.75. The van der Waals surface area contributed by atoms with Gasteiger partial charge in [0.1, 0.15) is 24.3 Å². The molecule has 2 aromatic heterocycles. The number of aryl methyl sites for hydroxylation is 1. The molecule has 5 N–H and O–H groups in total. The van der Waals surface area contributed by atoms with Gasteiger partial charge in [-0.05, 0) is 5.92 Å². The normalized spacial score (nSPS) is 10.0. The molecule has 0 aliphatic carbocycles. The first-order chi connectivity index (χ1) is 7.24. The van der Waals surface area contributed by atoms with Gasteiger partial charge in [-0.3, -0.25) is 0 Å². The van der Waals surface area contributed by atoms with Crippen molar-refractivity contribution in [2.24, 2.45) is 7.05 Å². The van der Waals surface area contributed by atoms with E-state index in [-0.39, 0.29) is 0 Å². The molecule has 0 aliphatic heterocycles. The second kappa shape index (κ2) is 3.59. The maximum Gasteiger partial charge on any atom is 0.146 e. The van der Waals surface area contributed by atoms with Crippen LogP contribution in [0.25, 0.3) is 11.0 Å². The molecule has 0 fully saturated rings. The number of aromatic nitrogens is 3. The zero-order valence-corrected chi connectivity index (χ0v) is 8.49. The fourth-order valence-corrected chi connectivity index (χ4v) is 1.49. The Labute approximate surface area is 87.1 Å². The summed E-state index contributed by atoms with van der Waals surface area (Å²) in [6.07, 6.45) is 3.36. The van der Waals surface area contributed by atoms with Crippen LogP contribution >= 0.6 is 0 Å². The fraction of sp³-hybridized carbons (Fsp3) is 0.200. The molecule has 5 nitrogen and oxygen atoms in total. The minimum absolute atomic E-state index is 0.467. The van der Waals surface area contributed by atoms with Crippen LogP contribution in [-0.4, -0.2) is 21.1 Å². The Morgan fingerprint density at radius 3 is 3.07 bits per heavy atom. The lowest BCUT2D eigenvalue weighted by atomic mass is 10.2. The van der Waals surface area contributed by atoms with Gasteiger partial charge in [0.25, 0.3) is 0 Å². The molecule has 0 saturated carbocycles. The highest BCUT2D eigenvalue weighted by atomic mass is 15.0. The van der Waals surface area contributed by atoms with Crippen LogP contribution in [0.4, 0.5) is 5.82 Å². The number of rotatable bonds is 0. The van der Waals surface area contributed by atoms with Crippen molar-refractivity contribution < 1.29 is 5.73 Å². The van der Waals surface area contributed by atoms with Crippen molar-refractivity contribution >= 4 is 16.9 Å². The Kier molecular flexibility index (Phi) is 2.27. The van der Waals surface area contributed by atoms with Crippen molar-refractivity contribution in [3.63, 3.8) is 0 Å². The third-order valence-electron chi connectivity index (χ3n) is 2.13. The van der Waals surface area contributed by atoms with Crippen LogP contribution in [-0.2, 0) is 7.05 Å². The molecular weight excluding hydrogens is 190 g/mol. The van der Waals surface area contributed by atoms with Crippen LogP contribution in [0.2, 0.25) is 0 Å². The van der Waals surface area contributed by atoms with E-state index in [2.05, 4.69) is 27.5 Å². The highest BCUT2D eigenvalue weighted by Crippen LogP contribution is 2.21. The van der Waals surface area contributed by atoms with Crippen molar-refractivity contribution in [3.8, 4) is 11.8 Å². The summed E-state index contributed by atoms with van der Waals surface area (Å²) in [6, 6.07) is 0. The fourth-order valence-electron chi connectivity index (χ4n) is 1.49. The van der Waals surface area contributed by atoms with E-state index in [4.69, 9.17) is 5.73 Å². The van der Waals surface area contributed by atoms with Gasteiger partial charge in [-0.25, -0.2) is 9.97 Å². The average Bonchev–Trinajstić information content (AvgIpc) is 2.55. The monoisotopic (exact) mass is 202 g/mol. The second-order valence-corrected chi connectivity index (χ2v) is 3.16. The lowest BCUT2D eigenvalue weighted by molar-refractivity contribution is -0.349. The second-order valence-electron chi connectivity index (χ2n) is 3.16. The number of hydrogen-bond acceptors (Lipinski definition) is 3. The van der Waals surface area contributed by atoms with Crippen molar-refractivity contribution in [3.05, 3.63) is 18.1 Å². The summed E-state index contributed by atoms with van der Waals surface area (Å²) in [5.41, 5.74) is 11.1. The topological polar surface area (TPSA) is 84.4 Å². The minimum atomic E-state index is 0.467. The molecule has 0 spiro atoms. The molecule has 0 bridgehead atoms. The Bertz CT molecular complexity index is 558. The van der Waals surface area contributed by atoms with Crippen molar-refractivity contribution in [2.45, 2.75) is 0 Å². The number of nitrogen functional groups attached to an aromatic ring is 1. The number of fused-ring (bicyclic) bond motifs is 1. The van der Waals surface area contributed by atoms with Crippen molar-refractivity contribution in [2.75, 3.05) is 12.3 Å². The minimum Gasteiger partial charge on any atom is -0.383 e. The zero-order chi connectivity index (χ0) is 10.8. The van der Waals surface area contributed by atoms with Crippen molar-refractivity contribution in [1.82, 2.24) is 14.5 Å². The number of anilines is 1. The molecule has 0 atom stereocenters. The summed E-state index contributed by atoms with van der Waals surface area (Å²) in [5, 5.41) is 0.820.